The first kappa shape index (κ1) is 22.0. The number of carbonyl (C=O) groups excluding carboxylic acids is 1. The maximum absolute atomic E-state index is 13.0. The molecule has 162 valence electrons. The second-order valence-electron chi connectivity index (χ2n) is 8.00. The molecular formula is C20H31N3O5S. The number of piperidine rings is 1. The van der Waals surface area contributed by atoms with Gasteiger partial charge in [0.1, 0.15) is 5.75 Å². The Balaban J connectivity index is 1.79. The predicted molar refractivity (Wildman–Crippen MR) is 110 cm³/mol. The molecule has 8 nitrogen and oxygen atoms in total. The second-order valence-corrected chi connectivity index (χ2v) is 10.1. The molecular weight excluding hydrogens is 394 g/mol. The van der Waals surface area contributed by atoms with E-state index in [0.29, 0.717) is 45.9 Å². The first-order valence-electron chi connectivity index (χ1n) is 10.0. The highest BCUT2D eigenvalue weighted by molar-refractivity contribution is 7.86. The summed E-state index contributed by atoms with van der Waals surface area (Å²) in [5.74, 6) is 0.757. The summed E-state index contributed by atoms with van der Waals surface area (Å²) in [4.78, 5) is 14.8. The fourth-order valence-corrected chi connectivity index (χ4v) is 5.16. The summed E-state index contributed by atoms with van der Waals surface area (Å²) < 4.78 is 39.6. The average Bonchev–Trinajstić information content (AvgIpc) is 2.74. The van der Waals surface area contributed by atoms with Crippen molar-refractivity contribution in [3.63, 3.8) is 0 Å². The minimum absolute atomic E-state index is 0.0362. The summed E-state index contributed by atoms with van der Waals surface area (Å²) >= 11 is 0. The van der Waals surface area contributed by atoms with Crippen molar-refractivity contribution in [2.45, 2.75) is 19.3 Å². The van der Waals surface area contributed by atoms with Crippen LogP contribution in [0.15, 0.2) is 30.3 Å². The van der Waals surface area contributed by atoms with Crippen molar-refractivity contribution in [1.29, 1.82) is 0 Å². The molecule has 0 N–H and O–H groups in total. The Kier molecular flexibility index (Phi) is 7.15. The maximum Gasteiger partial charge on any atom is 0.281 e. The van der Waals surface area contributed by atoms with E-state index in [1.807, 2.05) is 35.2 Å². The second kappa shape index (κ2) is 9.42. The fraction of sp³-hybridized carbons (Fsp3) is 0.650. The van der Waals surface area contributed by atoms with Crippen LogP contribution in [0.1, 0.15) is 19.3 Å². The average molecular weight is 426 g/mol. The van der Waals surface area contributed by atoms with Crippen molar-refractivity contribution in [2.75, 3.05) is 60.1 Å². The lowest BCUT2D eigenvalue weighted by Gasteiger charge is -2.43. The van der Waals surface area contributed by atoms with Gasteiger partial charge in [0, 0.05) is 52.1 Å². The van der Waals surface area contributed by atoms with Gasteiger partial charge in [-0.05, 0) is 25.0 Å². The van der Waals surface area contributed by atoms with E-state index >= 15 is 0 Å². The fourth-order valence-electron chi connectivity index (χ4n) is 3.90. The molecule has 2 aliphatic heterocycles. The van der Waals surface area contributed by atoms with Crippen LogP contribution < -0.4 is 4.74 Å². The number of nitrogens with zero attached hydrogens (tertiary/aromatic N) is 3. The van der Waals surface area contributed by atoms with Gasteiger partial charge in [0.25, 0.3) is 10.2 Å². The Hall–Kier alpha value is -1.68. The van der Waals surface area contributed by atoms with Crippen LogP contribution in [0.5, 0.6) is 5.75 Å². The van der Waals surface area contributed by atoms with Gasteiger partial charge >= 0.3 is 0 Å². The molecule has 1 amide bonds. The number of para-hydroxylation sites is 1. The van der Waals surface area contributed by atoms with Gasteiger partial charge < -0.3 is 14.4 Å². The Labute approximate surface area is 173 Å². The van der Waals surface area contributed by atoms with Crippen LogP contribution in [0.25, 0.3) is 0 Å². The van der Waals surface area contributed by atoms with Crippen molar-refractivity contribution in [1.82, 2.24) is 13.5 Å². The van der Waals surface area contributed by atoms with E-state index < -0.39 is 15.6 Å². The molecule has 9 heteroatoms. The molecule has 2 aliphatic rings. The Morgan fingerprint density at radius 1 is 1.17 bits per heavy atom. The van der Waals surface area contributed by atoms with E-state index in [2.05, 4.69) is 0 Å². The number of hydrogen-bond donors (Lipinski definition) is 0. The summed E-state index contributed by atoms with van der Waals surface area (Å²) in [5.41, 5.74) is -0.563. The molecule has 2 saturated heterocycles. The van der Waals surface area contributed by atoms with Crippen LogP contribution >= 0.6 is 0 Å². The maximum atomic E-state index is 13.0. The summed E-state index contributed by atoms with van der Waals surface area (Å²) in [6, 6.07) is 9.44. The standard InChI is InChI=1S/C20H31N3O5S/c1-21(2)29(25,26)23-10-6-9-20(16-23,17-28-18-7-4-3-5-8-18)15-19(24)22-11-13-27-14-12-22/h3-5,7-8H,6,9-17H2,1-2H3. The van der Waals surface area contributed by atoms with Crippen molar-refractivity contribution in [2.24, 2.45) is 5.41 Å². The van der Waals surface area contributed by atoms with Gasteiger partial charge in [0.15, 0.2) is 0 Å². The number of morpholine rings is 1. The molecule has 2 heterocycles. The van der Waals surface area contributed by atoms with Gasteiger partial charge in [0.05, 0.1) is 19.8 Å². The highest BCUT2D eigenvalue weighted by Gasteiger charge is 2.43. The largest absolute Gasteiger partial charge is 0.493 e. The summed E-state index contributed by atoms with van der Waals surface area (Å²) in [6.07, 6.45) is 1.70. The number of carbonyl (C=O) groups is 1. The third-order valence-electron chi connectivity index (χ3n) is 5.59. The summed E-state index contributed by atoms with van der Waals surface area (Å²) in [6.45, 7) is 3.27. The van der Waals surface area contributed by atoms with Crippen LogP contribution in [-0.2, 0) is 19.7 Å². The highest BCUT2D eigenvalue weighted by Crippen LogP contribution is 2.36. The molecule has 2 fully saturated rings. The number of hydrogen-bond acceptors (Lipinski definition) is 5. The molecule has 0 saturated carbocycles. The van der Waals surface area contributed by atoms with Gasteiger partial charge in [-0.3, -0.25) is 4.79 Å². The molecule has 0 bridgehead atoms. The number of rotatable bonds is 7. The number of amides is 1. The molecule has 0 spiro atoms. The lowest BCUT2D eigenvalue weighted by Crippen LogP contribution is -2.53. The van der Waals surface area contributed by atoms with E-state index in [1.54, 1.807) is 0 Å². The predicted octanol–water partition coefficient (Wildman–Crippen LogP) is 1.20. The Bertz CT molecular complexity index is 781. The smallest absolute Gasteiger partial charge is 0.281 e. The third kappa shape index (κ3) is 5.48. The zero-order valence-corrected chi connectivity index (χ0v) is 18.1. The Morgan fingerprint density at radius 3 is 2.52 bits per heavy atom. The van der Waals surface area contributed by atoms with E-state index in [0.717, 1.165) is 12.2 Å². The third-order valence-corrected chi connectivity index (χ3v) is 7.48. The molecule has 1 aromatic rings. The molecule has 0 aromatic heterocycles. The van der Waals surface area contributed by atoms with Crippen molar-refractivity contribution < 1.29 is 22.7 Å². The Morgan fingerprint density at radius 2 is 1.86 bits per heavy atom. The van der Waals surface area contributed by atoms with Crippen LogP contribution in [0.4, 0.5) is 0 Å². The van der Waals surface area contributed by atoms with Crippen LogP contribution in [0, 0.1) is 5.41 Å². The van der Waals surface area contributed by atoms with E-state index in [1.165, 1.54) is 22.7 Å². The summed E-state index contributed by atoms with van der Waals surface area (Å²) in [7, 11) is -0.483. The quantitative estimate of drug-likeness (QED) is 0.656. The van der Waals surface area contributed by atoms with Crippen LogP contribution in [0.2, 0.25) is 0 Å². The van der Waals surface area contributed by atoms with Gasteiger partial charge in [-0.1, -0.05) is 18.2 Å². The topological polar surface area (TPSA) is 79.4 Å². The molecule has 29 heavy (non-hydrogen) atoms. The first-order valence-corrected chi connectivity index (χ1v) is 11.4. The normalized spacial score (nSPS) is 23.9. The molecule has 1 aromatic carbocycles. The van der Waals surface area contributed by atoms with Crippen LogP contribution in [-0.4, -0.2) is 87.9 Å². The van der Waals surface area contributed by atoms with E-state index in [-0.39, 0.29) is 18.9 Å². The first-order chi connectivity index (χ1) is 13.8. The molecule has 3 rings (SSSR count). The van der Waals surface area contributed by atoms with Gasteiger partial charge in [-0.2, -0.15) is 17.0 Å². The lowest BCUT2D eigenvalue weighted by molar-refractivity contribution is -0.139. The van der Waals surface area contributed by atoms with Crippen molar-refractivity contribution in [3.8, 4) is 5.75 Å². The van der Waals surface area contributed by atoms with E-state index in [9.17, 15) is 13.2 Å². The minimum Gasteiger partial charge on any atom is -0.493 e. The molecule has 1 unspecified atom stereocenters. The van der Waals surface area contributed by atoms with Crippen molar-refractivity contribution >= 4 is 16.1 Å². The molecule has 0 aliphatic carbocycles. The van der Waals surface area contributed by atoms with Crippen LogP contribution in [0.3, 0.4) is 0 Å². The zero-order chi connectivity index (χ0) is 20.9. The van der Waals surface area contributed by atoms with Gasteiger partial charge in [-0.15, -0.1) is 0 Å². The highest BCUT2D eigenvalue weighted by atomic mass is 32.2. The SMILES string of the molecule is CN(C)S(=O)(=O)N1CCCC(COc2ccccc2)(CC(=O)N2CCOCC2)C1. The van der Waals surface area contributed by atoms with E-state index in [4.69, 9.17) is 9.47 Å². The molecule has 0 radical (unpaired) electrons. The van der Waals surface area contributed by atoms with Gasteiger partial charge in [0.2, 0.25) is 5.91 Å². The van der Waals surface area contributed by atoms with Gasteiger partial charge in [-0.25, -0.2) is 0 Å². The number of benzene rings is 1. The van der Waals surface area contributed by atoms with Crippen molar-refractivity contribution in [3.05, 3.63) is 30.3 Å². The monoisotopic (exact) mass is 425 g/mol. The minimum atomic E-state index is -3.55. The molecule has 1 atom stereocenters. The number of ether oxygens (including phenoxy) is 2. The summed E-state index contributed by atoms with van der Waals surface area (Å²) in [5, 5.41) is 0. The zero-order valence-electron chi connectivity index (χ0n) is 17.2. The lowest BCUT2D eigenvalue weighted by atomic mass is 9.78.